The van der Waals surface area contributed by atoms with E-state index in [-0.39, 0.29) is 12.5 Å². The van der Waals surface area contributed by atoms with Crippen molar-refractivity contribution in [1.29, 1.82) is 0 Å². The normalized spacial score (nSPS) is 12.7. The van der Waals surface area contributed by atoms with E-state index in [0.717, 1.165) is 52.9 Å². The van der Waals surface area contributed by atoms with Crippen LogP contribution in [0.25, 0.3) is 10.9 Å². The van der Waals surface area contributed by atoms with Crippen LogP contribution in [0.4, 0.5) is 11.5 Å². The number of rotatable bonds is 8. The molecule has 3 aromatic rings. The van der Waals surface area contributed by atoms with Crippen molar-refractivity contribution in [1.82, 2.24) is 10.3 Å². The number of pyridine rings is 1. The number of methoxy groups -OCH3 is 2. The molecule has 0 saturated heterocycles. The molecule has 31 heavy (non-hydrogen) atoms. The van der Waals surface area contributed by atoms with Crippen molar-refractivity contribution in [3.63, 3.8) is 0 Å². The van der Waals surface area contributed by atoms with Crippen LogP contribution in [0.3, 0.4) is 0 Å². The molecule has 7 heteroatoms. The number of amides is 1. The van der Waals surface area contributed by atoms with E-state index in [0.29, 0.717) is 18.0 Å². The lowest BCUT2D eigenvalue weighted by Gasteiger charge is -2.16. The number of nitrogens with zero attached hydrogens (tertiary/aromatic N) is 2. The molecular weight excluding hydrogens is 392 g/mol. The zero-order valence-corrected chi connectivity index (χ0v) is 18.2. The minimum absolute atomic E-state index is 0.0552. The highest BCUT2D eigenvalue weighted by Gasteiger charge is 2.24. The monoisotopic (exact) mass is 420 g/mol. The van der Waals surface area contributed by atoms with Crippen molar-refractivity contribution in [3.8, 4) is 11.5 Å². The SMILES string of the molecule is COc1ccc(CCNCC(=O)Nc2c3c(nc4ccccc24)N(C)CC3)cc1OC. The number of likely N-dealkylation sites (N-methyl/N-ethyl adjacent to an activating group) is 1. The average Bonchev–Trinajstić information content (AvgIpc) is 3.16. The second-order valence-electron chi connectivity index (χ2n) is 7.64. The van der Waals surface area contributed by atoms with Crippen molar-refractivity contribution in [3.05, 3.63) is 53.6 Å². The van der Waals surface area contributed by atoms with Crippen molar-refractivity contribution in [2.45, 2.75) is 12.8 Å². The Labute approximate surface area is 182 Å². The van der Waals surface area contributed by atoms with Crippen molar-refractivity contribution in [2.75, 3.05) is 51.1 Å². The number of fused-ring (bicyclic) bond motifs is 2. The molecule has 7 nitrogen and oxygen atoms in total. The molecule has 2 aromatic carbocycles. The van der Waals surface area contributed by atoms with Crippen LogP contribution in [-0.4, -0.2) is 51.8 Å². The summed E-state index contributed by atoms with van der Waals surface area (Å²) in [5, 5.41) is 7.35. The van der Waals surface area contributed by atoms with Gasteiger partial charge in [-0.05, 0) is 43.1 Å². The highest BCUT2D eigenvalue weighted by molar-refractivity contribution is 6.04. The number of hydrogen-bond acceptors (Lipinski definition) is 6. The molecule has 162 valence electrons. The van der Waals surface area contributed by atoms with Gasteiger partial charge in [-0.15, -0.1) is 0 Å². The third kappa shape index (κ3) is 4.41. The molecule has 4 rings (SSSR count). The molecule has 1 aliphatic rings. The van der Waals surface area contributed by atoms with Gasteiger partial charge < -0.3 is 25.0 Å². The standard InChI is InChI=1S/C24H28N4O3/c1-28-13-11-18-23(17-6-4-5-7-19(17)26-24(18)28)27-22(29)15-25-12-10-16-8-9-20(30-2)21(14-16)31-3/h4-9,14,25H,10-13,15H2,1-3H3,(H,26,27,29). The first-order valence-corrected chi connectivity index (χ1v) is 10.4. The number of benzene rings is 2. The van der Waals surface area contributed by atoms with Gasteiger partial charge in [-0.2, -0.15) is 0 Å². The Kier molecular flexibility index (Phi) is 6.23. The molecule has 1 aliphatic heterocycles. The molecule has 1 amide bonds. The molecular formula is C24H28N4O3. The molecule has 0 radical (unpaired) electrons. The van der Waals surface area contributed by atoms with Crippen LogP contribution in [0.2, 0.25) is 0 Å². The van der Waals surface area contributed by atoms with Gasteiger partial charge in [-0.25, -0.2) is 4.98 Å². The van der Waals surface area contributed by atoms with Gasteiger partial charge in [-0.1, -0.05) is 24.3 Å². The van der Waals surface area contributed by atoms with Gasteiger partial charge in [0.2, 0.25) is 5.91 Å². The van der Waals surface area contributed by atoms with Crippen LogP contribution in [0, 0.1) is 0 Å². The van der Waals surface area contributed by atoms with Crippen LogP contribution in [0.5, 0.6) is 11.5 Å². The fraction of sp³-hybridized carbons (Fsp3) is 0.333. The van der Waals surface area contributed by atoms with Gasteiger partial charge in [0.25, 0.3) is 0 Å². The summed E-state index contributed by atoms with van der Waals surface area (Å²) in [6, 6.07) is 13.8. The number of anilines is 2. The van der Waals surface area contributed by atoms with Gasteiger partial charge in [0.1, 0.15) is 5.82 Å². The number of aromatic nitrogens is 1. The third-order valence-electron chi connectivity index (χ3n) is 5.62. The van der Waals surface area contributed by atoms with E-state index in [1.807, 2.05) is 49.5 Å². The lowest BCUT2D eigenvalue weighted by atomic mass is 10.1. The highest BCUT2D eigenvalue weighted by atomic mass is 16.5. The number of carbonyl (C=O) groups is 1. The first-order valence-electron chi connectivity index (χ1n) is 10.4. The third-order valence-corrected chi connectivity index (χ3v) is 5.62. The quantitative estimate of drug-likeness (QED) is 0.546. The lowest BCUT2D eigenvalue weighted by Crippen LogP contribution is -2.30. The van der Waals surface area contributed by atoms with E-state index in [9.17, 15) is 4.79 Å². The minimum Gasteiger partial charge on any atom is -0.493 e. The number of ether oxygens (including phenoxy) is 2. The van der Waals surface area contributed by atoms with Crippen molar-refractivity contribution in [2.24, 2.45) is 0 Å². The number of para-hydroxylation sites is 1. The molecule has 0 unspecified atom stereocenters. The molecule has 0 bridgehead atoms. The van der Waals surface area contributed by atoms with Crippen LogP contribution in [0.1, 0.15) is 11.1 Å². The minimum atomic E-state index is -0.0552. The Morgan fingerprint density at radius 2 is 1.94 bits per heavy atom. The Morgan fingerprint density at radius 3 is 2.74 bits per heavy atom. The predicted molar refractivity (Wildman–Crippen MR) is 123 cm³/mol. The van der Waals surface area contributed by atoms with Crippen LogP contribution in [0.15, 0.2) is 42.5 Å². The first-order chi connectivity index (χ1) is 15.1. The summed E-state index contributed by atoms with van der Waals surface area (Å²) in [5.74, 6) is 2.32. The van der Waals surface area contributed by atoms with E-state index in [1.165, 1.54) is 0 Å². The van der Waals surface area contributed by atoms with E-state index >= 15 is 0 Å². The fourth-order valence-electron chi connectivity index (χ4n) is 3.97. The maximum atomic E-state index is 12.7. The molecule has 0 spiro atoms. The molecule has 1 aromatic heterocycles. The largest absolute Gasteiger partial charge is 0.493 e. The molecule has 0 aliphatic carbocycles. The summed E-state index contributed by atoms with van der Waals surface area (Å²) in [6.45, 7) is 1.83. The summed E-state index contributed by atoms with van der Waals surface area (Å²) in [6.07, 6.45) is 1.66. The summed E-state index contributed by atoms with van der Waals surface area (Å²) in [5.41, 5.74) is 4.01. The van der Waals surface area contributed by atoms with E-state index < -0.39 is 0 Å². The predicted octanol–water partition coefficient (Wildman–Crippen LogP) is 3.02. The smallest absolute Gasteiger partial charge is 0.238 e. The van der Waals surface area contributed by atoms with Crippen molar-refractivity contribution >= 4 is 28.3 Å². The van der Waals surface area contributed by atoms with Gasteiger partial charge in [-0.3, -0.25) is 4.79 Å². The second-order valence-corrected chi connectivity index (χ2v) is 7.64. The average molecular weight is 421 g/mol. The number of carbonyl (C=O) groups excluding carboxylic acids is 1. The highest BCUT2D eigenvalue weighted by Crippen LogP contribution is 2.36. The Morgan fingerprint density at radius 1 is 1.13 bits per heavy atom. The van der Waals surface area contributed by atoms with Crippen LogP contribution >= 0.6 is 0 Å². The van der Waals surface area contributed by atoms with Crippen molar-refractivity contribution < 1.29 is 14.3 Å². The maximum Gasteiger partial charge on any atom is 0.238 e. The summed E-state index contributed by atoms with van der Waals surface area (Å²) >= 11 is 0. The van der Waals surface area contributed by atoms with Gasteiger partial charge in [0.15, 0.2) is 11.5 Å². The molecule has 0 atom stereocenters. The molecule has 2 N–H and O–H groups in total. The fourth-order valence-corrected chi connectivity index (χ4v) is 3.97. The van der Waals surface area contributed by atoms with E-state index in [4.69, 9.17) is 14.5 Å². The van der Waals surface area contributed by atoms with E-state index in [1.54, 1.807) is 14.2 Å². The first kappa shape index (κ1) is 20.9. The summed E-state index contributed by atoms with van der Waals surface area (Å²) in [7, 11) is 5.29. The Balaban J connectivity index is 1.38. The van der Waals surface area contributed by atoms with Gasteiger partial charge in [0, 0.05) is 24.5 Å². The van der Waals surface area contributed by atoms with E-state index in [2.05, 4.69) is 15.5 Å². The zero-order valence-electron chi connectivity index (χ0n) is 18.2. The van der Waals surface area contributed by atoms with Gasteiger partial charge in [0.05, 0.1) is 32.0 Å². The second kappa shape index (κ2) is 9.22. The molecule has 2 heterocycles. The number of nitrogens with one attached hydrogen (secondary N) is 2. The van der Waals surface area contributed by atoms with Crippen LogP contribution in [-0.2, 0) is 17.6 Å². The lowest BCUT2D eigenvalue weighted by molar-refractivity contribution is -0.115. The molecule has 0 saturated carbocycles. The number of hydrogen-bond donors (Lipinski definition) is 2. The summed E-state index contributed by atoms with van der Waals surface area (Å²) in [4.78, 5) is 19.6. The zero-order chi connectivity index (χ0) is 21.8. The topological polar surface area (TPSA) is 75.7 Å². The maximum absolute atomic E-state index is 12.7. The Bertz CT molecular complexity index is 1100. The van der Waals surface area contributed by atoms with Crippen LogP contribution < -0.4 is 25.0 Å². The van der Waals surface area contributed by atoms with Gasteiger partial charge >= 0.3 is 0 Å². The Hall–Kier alpha value is -3.32. The molecule has 0 fully saturated rings. The summed E-state index contributed by atoms with van der Waals surface area (Å²) < 4.78 is 10.6.